The molecule has 0 aliphatic heterocycles. The van der Waals surface area contributed by atoms with Crippen molar-refractivity contribution in [2.45, 2.75) is 6.10 Å². The summed E-state index contributed by atoms with van der Waals surface area (Å²) in [4.78, 5) is 13.9. The molecule has 0 radical (unpaired) electrons. The molecule has 0 saturated heterocycles. The molecule has 0 fully saturated rings. The van der Waals surface area contributed by atoms with Crippen LogP contribution in [0.3, 0.4) is 0 Å². The lowest BCUT2D eigenvalue weighted by atomic mass is 10.2. The van der Waals surface area contributed by atoms with E-state index in [0.717, 1.165) is 15.3 Å². The van der Waals surface area contributed by atoms with Crippen molar-refractivity contribution in [2.75, 3.05) is 6.54 Å². The fourth-order valence-electron chi connectivity index (χ4n) is 2.18. The number of amides is 1. The molecule has 2 N–H and O–H groups in total. The molecule has 1 unspecified atom stereocenters. The number of rotatable bonds is 5. The first-order chi connectivity index (χ1) is 11.6. The molecule has 1 aromatic carbocycles. The zero-order chi connectivity index (χ0) is 17.1. The summed E-state index contributed by atoms with van der Waals surface area (Å²) in [5.74, 6) is -1.34. The Morgan fingerprint density at radius 3 is 2.83 bits per heavy atom. The first kappa shape index (κ1) is 17.1. The van der Waals surface area contributed by atoms with Gasteiger partial charge < -0.3 is 10.4 Å². The van der Waals surface area contributed by atoms with E-state index in [-0.39, 0.29) is 17.1 Å². The van der Waals surface area contributed by atoms with Crippen molar-refractivity contribution >= 4 is 40.2 Å². The number of thiophene rings is 2. The Kier molecular flexibility index (Phi) is 5.30. The van der Waals surface area contributed by atoms with Gasteiger partial charge in [-0.05, 0) is 41.1 Å². The zero-order valence-corrected chi connectivity index (χ0v) is 14.7. The standard InChI is InChI=1S/C17H13ClFNO2S2/c18-11-2-1-3-12(19)16(11)17(22)20-8-13(21)15-5-4-14(24-15)10-6-7-23-9-10/h1-7,9,13,21H,8H2,(H,20,22). The quantitative estimate of drug-likeness (QED) is 0.671. The van der Waals surface area contributed by atoms with Gasteiger partial charge in [0.15, 0.2) is 0 Å². The maximum atomic E-state index is 13.7. The van der Waals surface area contributed by atoms with Crippen LogP contribution in [0.15, 0.2) is 47.2 Å². The van der Waals surface area contributed by atoms with Crippen molar-refractivity contribution in [3.8, 4) is 10.4 Å². The van der Waals surface area contributed by atoms with Gasteiger partial charge in [0.25, 0.3) is 5.91 Å². The van der Waals surface area contributed by atoms with Crippen molar-refractivity contribution in [2.24, 2.45) is 0 Å². The number of carbonyl (C=O) groups is 1. The van der Waals surface area contributed by atoms with Crippen LogP contribution in [0.1, 0.15) is 21.3 Å². The third-order valence-electron chi connectivity index (χ3n) is 3.41. The van der Waals surface area contributed by atoms with Gasteiger partial charge in [-0.15, -0.1) is 11.3 Å². The van der Waals surface area contributed by atoms with Gasteiger partial charge >= 0.3 is 0 Å². The van der Waals surface area contributed by atoms with Crippen LogP contribution in [-0.2, 0) is 0 Å². The van der Waals surface area contributed by atoms with Gasteiger partial charge in [-0.25, -0.2) is 4.39 Å². The summed E-state index contributed by atoms with van der Waals surface area (Å²) in [6.45, 7) is -0.0207. The van der Waals surface area contributed by atoms with Crippen molar-refractivity contribution < 1.29 is 14.3 Å². The highest BCUT2D eigenvalue weighted by atomic mass is 35.5. The first-order valence-electron chi connectivity index (χ1n) is 7.09. The van der Waals surface area contributed by atoms with Crippen LogP contribution in [0.5, 0.6) is 0 Å². The Balaban J connectivity index is 1.65. The van der Waals surface area contributed by atoms with Gasteiger partial charge in [0.05, 0.1) is 10.6 Å². The highest BCUT2D eigenvalue weighted by molar-refractivity contribution is 7.16. The topological polar surface area (TPSA) is 49.3 Å². The van der Waals surface area contributed by atoms with E-state index >= 15 is 0 Å². The number of aliphatic hydroxyl groups is 1. The van der Waals surface area contributed by atoms with Gasteiger partial charge in [-0.2, -0.15) is 11.3 Å². The molecule has 0 saturated carbocycles. The average molecular weight is 382 g/mol. The molecule has 0 aliphatic carbocycles. The molecular weight excluding hydrogens is 369 g/mol. The SMILES string of the molecule is O=C(NCC(O)c1ccc(-c2ccsc2)s1)c1c(F)cccc1Cl. The molecule has 1 atom stereocenters. The maximum Gasteiger partial charge on any atom is 0.255 e. The Morgan fingerprint density at radius 1 is 1.29 bits per heavy atom. The number of benzene rings is 1. The molecule has 0 bridgehead atoms. The predicted molar refractivity (Wildman–Crippen MR) is 96.3 cm³/mol. The number of nitrogens with one attached hydrogen (secondary N) is 1. The van der Waals surface area contributed by atoms with Crippen molar-refractivity contribution in [3.63, 3.8) is 0 Å². The van der Waals surface area contributed by atoms with Crippen LogP contribution in [0.4, 0.5) is 4.39 Å². The normalized spacial score (nSPS) is 12.1. The summed E-state index contributed by atoms with van der Waals surface area (Å²) in [5, 5.41) is 16.8. The second kappa shape index (κ2) is 7.44. The Bertz CT molecular complexity index is 828. The smallest absolute Gasteiger partial charge is 0.255 e. The molecule has 3 aromatic rings. The van der Waals surface area contributed by atoms with Gasteiger partial charge in [-0.1, -0.05) is 17.7 Å². The fourth-order valence-corrected chi connectivity index (χ4v) is 4.15. The van der Waals surface area contributed by atoms with E-state index in [1.165, 1.54) is 29.5 Å². The van der Waals surface area contributed by atoms with Crippen LogP contribution in [0.2, 0.25) is 5.02 Å². The summed E-state index contributed by atoms with van der Waals surface area (Å²) in [7, 11) is 0. The minimum Gasteiger partial charge on any atom is -0.386 e. The largest absolute Gasteiger partial charge is 0.386 e. The lowest BCUT2D eigenvalue weighted by Gasteiger charge is -2.11. The van der Waals surface area contributed by atoms with Crippen molar-refractivity contribution in [1.29, 1.82) is 0 Å². The van der Waals surface area contributed by atoms with Crippen molar-refractivity contribution in [3.05, 3.63) is 68.4 Å². The number of halogens is 2. The summed E-state index contributed by atoms with van der Waals surface area (Å²) in [5.41, 5.74) is 0.891. The van der Waals surface area contributed by atoms with Crippen LogP contribution >= 0.6 is 34.3 Å². The fraction of sp³-hybridized carbons (Fsp3) is 0.118. The lowest BCUT2D eigenvalue weighted by molar-refractivity contribution is 0.0914. The van der Waals surface area contributed by atoms with Crippen LogP contribution in [0.25, 0.3) is 10.4 Å². The van der Waals surface area contributed by atoms with E-state index in [2.05, 4.69) is 5.32 Å². The number of hydrogen-bond acceptors (Lipinski definition) is 4. The first-order valence-corrected chi connectivity index (χ1v) is 9.22. The minimum absolute atomic E-state index is 0.0207. The van der Waals surface area contributed by atoms with Crippen molar-refractivity contribution in [1.82, 2.24) is 5.32 Å². The van der Waals surface area contributed by atoms with E-state index in [0.29, 0.717) is 0 Å². The molecule has 2 aromatic heterocycles. The molecule has 2 heterocycles. The number of hydrogen-bond donors (Lipinski definition) is 2. The Morgan fingerprint density at radius 2 is 2.12 bits per heavy atom. The van der Waals surface area contributed by atoms with E-state index in [1.54, 1.807) is 11.3 Å². The molecule has 0 spiro atoms. The Hall–Kier alpha value is -1.73. The van der Waals surface area contributed by atoms with E-state index in [9.17, 15) is 14.3 Å². The molecule has 0 aliphatic rings. The third-order valence-corrected chi connectivity index (χ3v) is 5.64. The lowest BCUT2D eigenvalue weighted by Crippen LogP contribution is -2.29. The van der Waals surface area contributed by atoms with Gasteiger partial charge in [0.2, 0.25) is 0 Å². The molecule has 3 rings (SSSR count). The van der Waals surface area contributed by atoms with Gasteiger partial charge in [-0.3, -0.25) is 4.79 Å². The second-order valence-electron chi connectivity index (χ2n) is 5.04. The number of carbonyl (C=O) groups excluding carboxylic acids is 1. The molecule has 1 amide bonds. The van der Waals surface area contributed by atoms with Gasteiger partial charge in [0.1, 0.15) is 11.9 Å². The average Bonchev–Trinajstić information content (AvgIpc) is 3.23. The van der Waals surface area contributed by atoms with Crippen LogP contribution < -0.4 is 5.32 Å². The highest BCUT2D eigenvalue weighted by Crippen LogP contribution is 2.32. The minimum atomic E-state index is -0.864. The zero-order valence-electron chi connectivity index (χ0n) is 12.3. The predicted octanol–water partition coefficient (Wildman–Crippen LogP) is 4.73. The summed E-state index contributed by atoms with van der Waals surface area (Å²) < 4.78 is 13.7. The Labute approximate surface area is 151 Å². The highest BCUT2D eigenvalue weighted by Gasteiger charge is 2.18. The van der Waals surface area contributed by atoms with Crippen LogP contribution in [-0.4, -0.2) is 17.6 Å². The summed E-state index contributed by atoms with van der Waals surface area (Å²) >= 11 is 8.92. The monoisotopic (exact) mass is 381 g/mol. The van der Waals surface area contributed by atoms with E-state index in [4.69, 9.17) is 11.6 Å². The van der Waals surface area contributed by atoms with Gasteiger partial charge in [0, 0.05) is 21.9 Å². The number of aliphatic hydroxyl groups excluding tert-OH is 1. The van der Waals surface area contributed by atoms with E-state index < -0.39 is 17.8 Å². The third kappa shape index (κ3) is 3.67. The van der Waals surface area contributed by atoms with Crippen LogP contribution in [0, 0.1) is 5.82 Å². The molecule has 3 nitrogen and oxygen atoms in total. The summed E-state index contributed by atoms with van der Waals surface area (Å²) in [6.07, 6.45) is -0.864. The summed E-state index contributed by atoms with van der Waals surface area (Å²) in [6, 6.07) is 9.81. The maximum absolute atomic E-state index is 13.7. The van der Waals surface area contributed by atoms with E-state index in [1.807, 2.05) is 29.0 Å². The molecule has 7 heteroatoms. The molecule has 124 valence electrons. The molecule has 24 heavy (non-hydrogen) atoms. The molecular formula is C17H13ClFNO2S2. The second-order valence-corrected chi connectivity index (χ2v) is 7.34.